The van der Waals surface area contributed by atoms with E-state index in [-0.39, 0.29) is 6.61 Å². The van der Waals surface area contributed by atoms with E-state index >= 15 is 0 Å². The fourth-order valence-corrected chi connectivity index (χ4v) is 2.44. The van der Waals surface area contributed by atoms with Crippen LogP contribution in [0.25, 0.3) is 0 Å². The normalized spacial score (nSPS) is 16.4. The predicted octanol–water partition coefficient (Wildman–Crippen LogP) is 1.79. The Bertz CT molecular complexity index is 556. The van der Waals surface area contributed by atoms with Gasteiger partial charge in [-0.15, -0.1) is 0 Å². The molecule has 2 N–H and O–H groups in total. The van der Waals surface area contributed by atoms with Gasteiger partial charge in [0.05, 0.1) is 6.61 Å². The maximum Gasteiger partial charge on any atom is 0.241 e. The molecule has 0 aromatic heterocycles. The molecule has 1 aliphatic carbocycles. The SMILES string of the molecule is NS(=O)(=O)c1cc(F)cc(F)c1OCC1CCC1. The van der Waals surface area contributed by atoms with Crippen LogP contribution in [0.2, 0.25) is 0 Å². The summed E-state index contributed by atoms with van der Waals surface area (Å²) in [6, 6.07) is 1.24. The number of sulfonamides is 1. The highest BCUT2D eigenvalue weighted by molar-refractivity contribution is 7.89. The molecule has 0 amide bonds. The quantitative estimate of drug-likeness (QED) is 0.912. The van der Waals surface area contributed by atoms with Crippen LogP contribution in [-0.4, -0.2) is 15.0 Å². The van der Waals surface area contributed by atoms with Gasteiger partial charge in [-0.3, -0.25) is 0 Å². The molecule has 1 aromatic rings. The summed E-state index contributed by atoms with van der Waals surface area (Å²) in [7, 11) is -4.22. The van der Waals surface area contributed by atoms with Gasteiger partial charge in [0.1, 0.15) is 10.7 Å². The zero-order chi connectivity index (χ0) is 13.3. The summed E-state index contributed by atoms with van der Waals surface area (Å²) in [6.45, 7) is 0.213. The number of ether oxygens (including phenoxy) is 1. The monoisotopic (exact) mass is 277 g/mol. The second kappa shape index (κ2) is 4.81. The van der Waals surface area contributed by atoms with E-state index < -0.39 is 32.3 Å². The number of halogens is 2. The Balaban J connectivity index is 2.31. The second-order valence-electron chi connectivity index (χ2n) is 4.37. The first-order valence-electron chi connectivity index (χ1n) is 5.52. The molecule has 7 heteroatoms. The van der Waals surface area contributed by atoms with Crippen molar-refractivity contribution in [2.45, 2.75) is 24.2 Å². The van der Waals surface area contributed by atoms with E-state index in [2.05, 4.69) is 0 Å². The number of benzene rings is 1. The molecule has 0 bridgehead atoms. The highest BCUT2D eigenvalue weighted by Gasteiger charge is 2.24. The highest BCUT2D eigenvalue weighted by atomic mass is 32.2. The summed E-state index contributed by atoms with van der Waals surface area (Å²) in [5.74, 6) is -2.26. The predicted molar refractivity (Wildman–Crippen MR) is 60.6 cm³/mol. The molecule has 0 aliphatic heterocycles. The van der Waals surface area contributed by atoms with Crippen molar-refractivity contribution in [1.82, 2.24) is 0 Å². The number of hydrogen-bond donors (Lipinski definition) is 1. The fourth-order valence-electron chi connectivity index (χ4n) is 1.75. The molecule has 100 valence electrons. The Hall–Kier alpha value is -1.21. The zero-order valence-corrected chi connectivity index (χ0v) is 10.3. The molecule has 1 fully saturated rings. The molecule has 0 atom stereocenters. The third-order valence-corrected chi connectivity index (χ3v) is 3.89. The Labute approximate surface area is 104 Å². The standard InChI is InChI=1S/C11H13F2NO3S/c12-8-4-9(13)11(10(5-8)18(14,15)16)17-6-7-2-1-3-7/h4-5,7H,1-3,6H2,(H2,14,15,16). The number of primary sulfonamides is 1. The lowest BCUT2D eigenvalue weighted by atomic mass is 9.86. The van der Waals surface area contributed by atoms with Crippen LogP contribution < -0.4 is 9.88 Å². The second-order valence-corrected chi connectivity index (χ2v) is 5.90. The van der Waals surface area contributed by atoms with Crippen molar-refractivity contribution in [2.24, 2.45) is 11.1 Å². The van der Waals surface area contributed by atoms with Gasteiger partial charge in [-0.25, -0.2) is 22.3 Å². The molecular weight excluding hydrogens is 264 g/mol. The fraction of sp³-hybridized carbons (Fsp3) is 0.455. The minimum absolute atomic E-state index is 0.213. The molecule has 1 saturated carbocycles. The van der Waals surface area contributed by atoms with Gasteiger partial charge in [0.25, 0.3) is 0 Å². The Morgan fingerprint density at radius 2 is 2.00 bits per heavy atom. The van der Waals surface area contributed by atoms with E-state index in [9.17, 15) is 17.2 Å². The molecule has 0 spiro atoms. The first-order valence-corrected chi connectivity index (χ1v) is 7.07. The first-order chi connectivity index (χ1) is 8.38. The molecule has 0 unspecified atom stereocenters. The van der Waals surface area contributed by atoms with Crippen LogP contribution in [-0.2, 0) is 10.0 Å². The van der Waals surface area contributed by atoms with Crippen molar-refractivity contribution >= 4 is 10.0 Å². The lowest BCUT2D eigenvalue weighted by molar-refractivity contribution is 0.171. The van der Waals surface area contributed by atoms with Crippen LogP contribution in [0.1, 0.15) is 19.3 Å². The summed E-state index contributed by atoms with van der Waals surface area (Å²) in [4.78, 5) is -0.653. The van der Waals surface area contributed by atoms with Crippen molar-refractivity contribution in [1.29, 1.82) is 0 Å². The van der Waals surface area contributed by atoms with Gasteiger partial charge < -0.3 is 4.74 Å². The van der Waals surface area contributed by atoms with E-state index in [1.54, 1.807) is 0 Å². The van der Waals surface area contributed by atoms with Gasteiger partial charge in [0.15, 0.2) is 11.6 Å². The van der Waals surface area contributed by atoms with Crippen molar-refractivity contribution in [3.63, 3.8) is 0 Å². The van der Waals surface area contributed by atoms with E-state index in [1.807, 2.05) is 0 Å². The minimum atomic E-state index is -4.22. The third-order valence-electron chi connectivity index (χ3n) is 2.97. The average Bonchev–Trinajstić information content (AvgIpc) is 2.16. The topological polar surface area (TPSA) is 69.4 Å². The van der Waals surface area contributed by atoms with Crippen LogP contribution in [0.4, 0.5) is 8.78 Å². The minimum Gasteiger partial charge on any atom is -0.489 e. The molecule has 2 rings (SSSR count). The van der Waals surface area contributed by atoms with Crippen molar-refractivity contribution < 1.29 is 21.9 Å². The summed E-state index contributed by atoms with van der Waals surface area (Å²) in [5.41, 5.74) is 0. The number of hydrogen-bond acceptors (Lipinski definition) is 3. The smallest absolute Gasteiger partial charge is 0.241 e. The van der Waals surface area contributed by atoms with E-state index in [0.717, 1.165) is 19.3 Å². The molecule has 0 saturated heterocycles. The van der Waals surface area contributed by atoms with Crippen molar-refractivity contribution in [3.05, 3.63) is 23.8 Å². The lowest BCUT2D eigenvalue weighted by Crippen LogP contribution is -2.21. The third kappa shape index (κ3) is 2.78. The van der Waals surface area contributed by atoms with Gasteiger partial charge in [-0.05, 0) is 24.8 Å². The highest BCUT2D eigenvalue weighted by Crippen LogP contribution is 2.31. The van der Waals surface area contributed by atoms with Gasteiger partial charge in [0.2, 0.25) is 10.0 Å². The van der Waals surface area contributed by atoms with Crippen LogP contribution in [0, 0.1) is 17.6 Å². The van der Waals surface area contributed by atoms with Crippen LogP contribution in [0.3, 0.4) is 0 Å². The van der Waals surface area contributed by atoms with E-state index in [4.69, 9.17) is 9.88 Å². The Morgan fingerprint density at radius 3 is 2.50 bits per heavy atom. The van der Waals surface area contributed by atoms with Crippen LogP contribution >= 0.6 is 0 Å². The average molecular weight is 277 g/mol. The zero-order valence-electron chi connectivity index (χ0n) is 9.53. The summed E-state index contributed by atoms with van der Waals surface area (Å²) < 4.78 is 54.2. The Kier molecular flexibility index (Phi) is 3.54. The lowest BCUT2D eigenvalue weighted by Gasteiger charge is -2.25. The Morgan fingerprint density at radius 1 is 1.33 bits per heavy atom. The maximum absolute atomic E-state index is 13.5. The molecule has 18 heavy (non-hydrogen) atoms. The number of rotatable bonds is 4. The first kappa shape index (κ1) is 13.2. The van der Waals surface area contributed by atoms with E-state index in [1.165, 1.54) is 0 Å². The summed E-state index contributed by atoms with van der Waals surface area (Å²) >= 11 is 0. The van der Waals surface area contributed by atoms with Crippen LogP contribution in [0.5, 0.6) is 5.75 Å². The van der Waals surface area contributed by atoms with Gasteiger partial charge in [-0.1, -0.05) is 6.42 Å². The molecule has 1 aliphatic rings. The van der Waals surface area contributed by atoms with Gasteiger partial charge >= 0.3 is 0 Å². The maximum atomic E-state index is 13.5. The van der Waals surface area contributed by atoms with Gasteiger partial charge in [-0.2, -0.15) is 0 Å². The molecule has 0 radical (unpaired) electrons. The summed E-state index contributed by atoms with van der Waals surface area (Å²) in [6.07, 6.45) is 3.02. The van der Waals surface area contributed by atoms with E-state index in [0.29, 0.717) is 18.1 Å². The van der Waals surface area contributed by atoms with Crippen molar-refractivity contribution in [2.75, 3.05) is 6.61 Å². The largest absolute Gasteiger partial charge is 0.489 e. The number of nitrogens with two attached hydrogens (primary N) is 1. The molecule has 4 nitrogen and oxygen atoms in total. The molecule has 1 aromatic carbocycles. The van der Waals surface area contributed by atoms with Gasteiger partial charge in [0, 0.05) is 6.07 Å². The van der Waals surface area contributed by atoms with Crippen LogP contribution in [0.15, 0.2) is 17.0 Å². The molecular formula is C11H13F2NO3S. The molecule has 0 heterocycles. The van der Waals surface area contributed by atoms with Crippen molar-refractivity contribution in [3.8, 4) is 5.75 Å². The summed E-state index contributed by atoms with van der Waals surface area (Å²) in [5, 5.41) is 4.91.